The average molecular weight is 285 g/mol. The van der Waals surface area contributed by atoms with Gasteiger partial charge in [0.25, 0.3) is 0 Å². The fraction of sp³-hybridized carbons (Fsp3) is 0.611. The summed E-state index contributed by atoms with van der Waals surface area (Å²) < 4.78 is 0. The Morgan fingerprint density at radius 3 is 2.43 bits per heavy atom. The van der Waals surface area contributed by atoms with E-state index in [0.29, 0.717) is 12.5 Å². The van der Waals surface area contributed by atoms with E-state index in [0.717, 1.165) is 26.2 Å². The number of nitrogens with zero attached hydrogens (tertiary/aromatic N) is 2. The molecule has 0 amide bonds. The molecule has 1 aliphatic carbocycles. The molecule has 21 heavy (non-hydrogen) atoms. The Morgan fingerprint density at radius 1 is 1.24 bits per heavy atom. The molecule has 2 rings (SSSR count). The van der Waals surface area contributed by atoms with Crippen LogP contribution < -0.4 is 5.32 Å². The molecular weight excluding hydrogens is 258 g/mol. The highest BCUT2D eigenvalue weighted by Crippen LogP contribution is 2.47. The van der Waals surface area contributed by atoms with Gasteiger partial charge in [0, 0.05) is 25.6 Å². The van der Waals surface area contributed by atoms with E-state index < -0.39 is 0 Å². The summed E-state index contributed by atoms with van der Waals surface area (Å²) in [6.45, 7) is 8.49. The largest absolute Gasteiger partial charge is 0.314 e. The van der Waals surface area contributed by atoms with Crippen molar-refractivity contribution >= 4 is 0 Å². The number of nitrogens with one attached hydrogen (secondary N) is 1. The van der Waals surface area contributed by atoms with Gasteiger partial charge >= 0.3 is 0 Å². The summed E-state index contributed by atoms with van der Waals surface area (Å²) in [4.78, 5) is 2.49. The van der Waals surface area contributed by atoms with Crippen molar-refractivity contribution in [2.45, 2.75) is 39.2 Å². The van der Waals surface area contributed by atoms with E-state index in [-0.39, 0.29) is 5.41 Å². The van der Waals surface area contributed by atoms with Crippen LogP contribution in [0.4, 0.5) is 0 Å². The van der Waals surface area contributed by atoms with Crippen molar-refractivity contribution in [3.8, 4) is 6.07 Å². The number of likely N-dealkylation sites (N-methyl/N-ethyl adjacent to an activating group) is 1. The van der Waals surface area contributed by atoms with Crippen LogP contribution in [-0.4, -0.2) is 31.1 Å². The van der Waals surface area contributed by atoms with Crippen molar-refractivity contribution in [1.29, 1.82) is 5.26 Å². The molecule has 1 saturated carbocycles. The van der Waals surface area contributed by atoms with E-state index in [9.17, 15) is 0 Å². The van der Waals surface area contributed by atoms with Crippen LogP contribution in [0.15, 0.2) is 30.3 Å². The second-order valence-corrected chi connectivity index (χ2v) is 6.11. The molecule has 3 heteroatoms. The maximum Gasteiger partial charge on any atom is 0.0628 e. The zero-order valence-electron chi connectivity index (χ0n) is 13.3. The predicted molar refractivity (Wildman–Crippen MR) is 86.9 cm³/mol. The van der Waals surface area contributed by atoms with Gasteiger partial charge in [-0.25, -0.2) is 0 Å². The highest BCUT2D eigenvalue weighted by atomic mass is 15.2. The van der Waals surface area contributed by atoms with Gasteiger partial charge in [-0.1, -0.05) is 44.2 Å². The molecule has 1 aromatic carbocycles. The Balaban J connectivity index is 1.95. The SMILES string of the molecule is CCN(CC)C(CNCC1(CC#N)CC1)c1ccccc1. The standard InChI is InChI=1S/C18H27N3/c1-3-21(4-2)17(16-8-6-5-7-9-16)14-20-15-18(10-11-18)12-13-19/h5-9,17,20H,3-4,10-12,14-15H2,1-2H3. The third kappa shape index (κ3) is 4.30. The van der Waals surface area contributed by atoms with Gasteiger partial charge in [0.1, 0.15) is 0 Å². The van der Waals surface area contributed by atoms with Gasteiger partial charge in [0.15, 0.2) is 0 Å². The lowest BCUT2D eigenvalue weighted by atomic mass is 10.0. The van der Waals surface area contributed by atoms with E-state index in [1.54, 1.807) is 0 Å². The molecule has 0 aromatic heterocycles. The number of benzene rings is 1. The second kappa shape index (κ2) is 7.59. The van der Waals surface area contributed by atoms with Crippen molar-refractivity contribution in [3.05, 3.63) is 35.9 Å². The zero-order chi connectivity index (χ0) is 15.1. The maximum atomic E-state index is 8.91. The Morgan fingerprint density at radius 2 is 1.90 bits per heavy atom. The molecule has 1 aromatic rings. The van der Waals surface area contributed by atoms with Crippen LogP contribution in [0.25, 0.3) is 0 Å². The van der Waals surface area contributed by atoms with Crippen LogP contribution in [0, 0.1) is 16.7 Å². The van der Waals surface area contributed by atoms with Crippen LogP contribution in [0.3, 0.4) is 0 Å². The minimum absolute atomic E-state index is 0.277. The molecule has 1 atom stereocenters. The molecule has 1 unspecified atom stereocenters. The molecule has 0 spiro atoms. The smallest absolute Gasteiger partial charge is 0.0628 e. The van der Waals surface area contributed by atoms with Gasteiger partial charge < -0.3 is 5.32 Å². The van der Waals surface area contributed by atoms with Crippen LogP contribution in [0.2, 0.25) is 0 Å². The summed E-state index contributed by atoms with van der Waals surface area (Å²) in [5.41, 5.74) is 1.65. The lowest BCUT2D eigenvalue weighted by molar-refractivity contribution is 0.210. The first-order valence-electron chi connectivity index (χ1n) is 8.11. The first-order valence-corrected chi connectivity index (χ1v) is 8.11. The van der Waals surface area contributed by atoms with Gasteiger partial charge in [-0.05, 0) is 36.9 Å². The van der Waals surface area contributed by atoms with Gasteiger partial charge in [0.2, 0.25) is 0 Å². The van der Waals surface area contributed by atoms with Crippen molar-refractivity contribution in [1.82, 2.24) is 10.2 Å². The van der Waals surface area contributed by atoms with Crippen LogP contribution in [-0.2, 0) is 0 Å². The van der Waals surface area contributed by atoms with Gasteiger partial charge in [-0.3, -0.25) is 4.90 Å². The summed E-state index contributed by atoms with van der Waals surface area (Å²) in [5, 5.41) is 12.5. The predicted octanol–water partition coefficient (Wildman–Crippen LogP) is 3.35. The van der Waals surface area contributed by atoms with E-state index in [1.165, 1.54) is 18.4 Å². The van der Waals surface area contributed by atoms with E-state index >= 15 is 0 Å². The molecule has 114 valence electrons. The van der Waals surface area contributed by atoms with Crippen LogP contribution >= 0.6 is 0 Å². The Hall–Kier alpha value is -1.37. The van der Waals surface area contributed by atoms with Crippen molar-refractivity contribution in [2.75, 3.05) is 26.2 Å². The lowest BCUT2D eigenvalue weighted by Crippen LogP contribution is -2.37. The first-order chi connectivity index (χ1) is 10.2. The molecule has 0 bridgehead atoms. The molecule has 0 radical (unpaired) electrons. The lowest BCUT2D eigenvalue weighted by Gasteiger charge is -2.31. The van der Waals surface area contributed by atoms with Gasteiger partial charge in [-0.2, -0.15) is 5.26 Å². The van der Waals surface area contributed by atoms with Crippen molar-refractivity contribution in [3.63, 3.8) is 0 Å². The Bertz CT molecular complexity index is 455. The summed E-state index contributed by atoms with van der Waals surface area (Å²) >= 11 is 0. The van der Waals surface area contributed by atoms with Gasteiger partial charge in [0.05, 0.1) is 6.07 Å². The molecule has 1 fully saturated rings. The molecule has 0 saturated heterocycles. The molecular formula is C18H27N3. The normalized spacial score (nSPS) is 17.4. The van der Waals surface area contributed by atoms with Crippen LogP contribution in [0.5, 0.6) is 0 Å². The summed E-state index contributed by atoms with van der Waals surface area (Å²) in [5.74, 6) is 0. The average Bonchev–Trinajstić information content (AvgIpc) is 3.28. The number of hydrogen-bond donors (Lipinski definition) is 1. The van der Waals surface area contributed by atoms with E-state index in [4.69, 9.17) is 5.26 Å². The van der Waals surface area contributed by atoms with Crippen LogP contribution in [0.1, 0.15) is 44.7 Å². The molecule has 0 heterocycles. The third-order valence-corrected chi connectivity index (χ3v) is 4.69. The monoisotopic (exact) mass is 285 g/mol. The maximum absolute atomic E-state index is 8.91. The number of nitriles is 1. The molecule has 3 nitrogen and oxygen atoms in total. The topological polar surface area (TPSA) is 39.1 Å². The Labute approximate surface area is 129 Å². The summed E-state index contributed by atoms with van der Waals surface area (Å²) in [6, 6.07) is 13.5. The fourth-order valence-electron chi connectivity index (χ4n) is 3.03. The van der Waals surface area contributed by atoms with Crippen molar-refractivity contribution < 1.29 is 0 Å². The van der Waals surface area contributed by atoms with E-state index in [2.05, 4.69) is 60.5 Å². The number of hydrogen-bond acceptors (Lipinski definition) is 3. The summed E-state index contributed by atoms with van der Waals surface area (Å²) in [6.07, 6.45) is 3.10. The van der Waals surface area contributed by atoms with Crippen molar-refractivity contribution in [2.24, 2.45) is 5.41 Å². The highest BCUT2D eigenvalue weighted by Gasteiger charge is 2.41. The highest BCUT2D eigenvalue weighted by molar-refractivity contribution is 5.19. The first kappa shape index (κ1) is 16.0. The number of rotatable bonds is 9. The molecule has 1 aliphatic rings. The minimum Gasteiger partial charge on any atom is -0.314 e. The van der Waals surface area contributed by atoms with Gasteiger partial charge in [-0.15, -0.1) is 0 Å². The zero-order valence-corrected chi connectivity index (χ0v) is 13.3. The minimum atomic E-state index is 0.277. The quantitative estimate of drug-likeness (QED) is 0.756. The molecule has 1 N–H and O–H groups in total. The fourth-order valence-corrected chi connectivity index (χ4v) is 3.03. The second-order valence-electron chi connectivity index (χ2n) is 6.11. The summed E-state index contributed by atoms with van der Waals surface area (Å²) in [7, 11) is 0. The molecule has 0 aliphatic heterocycles. The Kier molecular flexibility index (Phi) is 5.78. The third-order valence-electron chi connectivity index (χ3n) is 4.69. The van der Waals surface area contributed by atoms with E-state index in [1.807, 2.05) is 0 Å².